The molecule has 0 aliphatic carbocycles. The molecular weight excluding hydrogens is 384 g/mol. The van der Waals surface area contributed by atoms with Crippen LogP contribution >= 0.6 is 0 Å². The summed E-state index contributed by atoms with van der Waals surface area (Å²) < 4.78 is 26.9. The second-order valence-electron chi connectivity index (χ2n) is 5.49. The predicted octanol–water partition coefficient (Wildman–Crippen LogP) is 0.893. The van der Waals surface area contributed by atoms with Gasteiger partial charge in [0.25, 0.3) is 15.9 Å². The number of sulfonamides is 1. The Hall–Kier alpha value is -3.79. The van der Waals surface area contributed by atoms with Gasteiger partial charge in [0.15, 0.2) is 0 Å². The first-order valence-corrected chi connectivity index (χ1v) is 9.37. The van der Waals surface area contributed by atoms with Crippen LogP contribution in [0.25, 0.3) is 0 Å². The van der Waals surface area contributed by atoms with Crippen LogP contribution in [-0.4, -0.2) is 30.3 Å². The molecule has 3 rings (SSSR count). The fourth-order valence-corrected chi connectivity index (χ4v) is 3.26. The van der Waals surface area contributed by atoms with Gasteiger partial charge in [-0.1, -0.05) is 18.2 Å². The summed E-state index contributed by atoms with van der Waals surface area (Å²) in [5, 5.41) is 13.6. The molecule has 1 amide bonds. The van der Waals surface area contributed by atoms with Crippen molar-refractivity contribution >= 4 is 33.5 Å². The summed E-state index contributed by atoms with van der Waals surface area (Å²) in [6.45, 7) is 0. The number of aromatic carboxylic acids is 1. The standard InChI is InChI=1S/C18H14N4O5S/c23-16(14-4-1-2-5-15(14)17(24)25)21-12-6-8-13(9-7-12)28(26,27)22-18-19-10-3-11-20-18/h1-11H,(H,21,23)(H,24,25)(H,19,20,22)/p-1. The largest absolute Gasteiger partial charge is 0.545 e. The Bertz CT molecular complexity index is 1120. The van der Waals surface area contributed by atoms with Crippen LogP contribution in [0.2, 0.25) is 0 Å². The van der Waals surface area contributed by atoms with E-state index in [0.29, 0.717) is 0 Å². The van der Waals surface area contributed by atoms with Gasteiger partial charge in [0.1, 0.15) is 0 Å². The van der Waals surface area contributed by atoms with E-state index in [1.807, 2.05) is 0 Å². The van der Waals surface area contributed by atoms with Crippen LogP contribution in [0.1, 0.15) is 20.7 Å². The number of hydrogen-bond acceptors (Lipinski definition) is 7. The van der Waals surface area contributed by atoms with Gasteiger partial charge >= 0.3 is 0 Å². The third-order valence-corrected chi connectivity index (χ3v) is 4.95. The third kappa shape index (κ3) is 4.30. The van der Waals surface area contributed by atoms with Crippen molar-refractivity contribution in [3.63, 3.8) is 0 Å². The highest BCUT2D eigenvalue weighted by Gasteiger charge is 2.16. The Labute approximate surface area is 160 Å². The number of carbonyl (C=O) groups excluding carboxylic acids is 2. The molecule has 9 nitrogen and oxygen atoms in total. The molecule has 2 aromatic carbocycles. The highest BCUT2D eigenvalue weighted by molar-refractivity contribution is 7.92. The number of nitrogens with zero attached hydrogens (tertiary/aromatic N) is 2. The van der Waals surface area contributed by atoms with E-state index >= 15 is 0 Å². The van der Waals surface area contributed by atoms with Crippen LogP contribution in [0.4, 0.5) is 11.6 Å². The van der Waals surface area contributed by atoms with E-state index in [2.05, 4.69) is 20.0 Å². The van der Waals surface area contributed by atoms with Crippen molar-refractivity contribution in [2.45, 2.75) is 4.90 Å². The van der Waals surface area contributed by atoms with Gasteiger partial charge in [-0.15, -0.1) is 0 Å². The van der Waals surface area contributed by atoms with Crippen LogP contribution in [0.5, 0.6) is 0 Å². The molecule has 1 aromatic heterocycles. The number of carbonyl (C=O) groups is 2. The molecule has 0 saturated carbocycles. The van der Waals surface area contributed by atoms with E-state index in [1.54, 1.807) is 6.07 Å². The van der Waals surface area contributed by atoms with Gasteiger partial charge in [-0.25, -0.2) is 23.1 Å². The molecule has 2 N–H and O–H groups in total. The molecule has 0 spiro atoms. The van der Waals surface area contributed by atoms with E-state index in [-0.39, 0.29) is 27.7 Å². The Morgan fingerprint density at radius 3 is 2.07 bits per heavy atom. The molecular formula is C18H13N4O5S-. The number of benzene rings is 2. The van der Waals surface area contributed by atoms with Crippen LogP contribution in [0.3, 0.4) is 0 Å². The monoisotopic (exact) mass is 397 g/mol. The van der Waals surface area contributed by atoms with Crippen LogP contribution < -0.4 is 15.1 Å². The van der Waals surface area contributed by atoms with Gasteiger partial charge < -0.3 is 15.2 Å². The van der Waals surface area contributed by atoms with E-state index in [0.717, 1.165) is 0 Å². The quantitative estimate of drug-likeness (QED) is 0.629. The van der Waals surface area contributed by atoms with Crippen molar-refractivity contribution in [2.24, 2.45) is 0 Å². The second kappa shape index (κ2) is 7.84. The maximum Gasteiger partial charge on any atom is 0.264 e. The Balaban J connectivity index is 1.76. The van der Waals surface area contributed by atoms with Gasteiger partial charge in [0.05, 0.1) is 10.9 Å². The smallest absolute Gasteiger partial charge is 0.264 e. The number of rotatable bonds is 6. The van der Waals surface area contributed by atoms with Crippen molar-refractivity contribution in [1.82, 2.24) is 9.97 Å². The van der Waals surface area contributed by atoms with Gasteiger partial charge in [0.2, 0.25) is 5.95 Å². The Morgan fingerprint density at radius 1 is 0.857 bits per heavy atom. The summed E-state index contributed by atoms with van der Waals surface area (Å²) in [4.78, 5) is 30.9. The number of carboxylic acid groups (broad SMARTS) is 1. The molecule has 0 bridgehead atoms. The number of aromatic nitrogens is 2. The molecule has 0 unspecified atom stereocenters. The van der Waals surface area contributed by atoms with Crippen molar-refractivity contribution in [1.29, 1.82) is 0 Å². The number of anilines is 2. The van der Waals surface area contributed by atoms with E-state index < -0.39 is 21.9 Å². The van der Waals surface area contributed by atoms with E-state index in [9.17, 15) is 23.1 Å². The lowest BCUT2D eigenvalue weighted by atomic mass is 10.1. The first kappa shape index (κ1) is 19.0. The molecule has 3 aromatic rings. The molecule has 0 saturated heterocycles. The van der Waals surface area contributed by atoms with Crippen molar-refractivity contribution in [2.75, 3.05) is 10.0 Å². The molecule has 10 heteroatoms. The summed E-state index contributed by atoms with van der Waals surface area (Å²) in [6, 6.07) is 12.5. The summed E-state index contributed by atoms with van der Waals surface area (Å²) in [5.41, 5.74) is -0.0265. The molecule has 0 fully saturated rings. The zero-order chi connectivity index (χ0) is 20.1. The molecule has 0 atom stereocenters. The fraction of sp³-hybridized carbons (Fsp3) is 0. The highest BCUT2D eigenvalue weighted by Crippen LogP contribution is 2.18. The molecule has 0 radical (unpaired) electrons. The summed E-state index contributed by atoms with van der Waals surface area (Å²) >= 11 is 0. The van der Waals surface area contributed by atoms with Crippen molar-refractivity contribution in [3.05, 3.63) is 78.1 Å². The lowest BCUT2D eigenvalue weighted by molar-refractivity contribution is -0.255. The average molecular weight is 397 g/mol. The minimum Gasteiger partial charge on any atom is -0.545 e. The third-order valence-electron chi connectivity index (χ3n) is 3.61. The van der Waals surface area contributed by atoms with Crippen LogP contribution in [0.15, 0.2) is 71.9 Å². The fourth-order valence-electron chi connectivity index (χ4n) is 2.31. The molecule has 28 heavy (non-hydrogen) atoms. The number of nitrogens with one attached hydrogen (secondary N) is 2. The topological polar surface area (TPSA) is 141 Å². The summed E-state index contributed by atoms with van der Waals surface area (Å²) in [5.74, 6) is -2.20. The van der Waals surface area contributed by atoms with Gasteiger partial charge in [0, 0.05) is 29.2 Å². The van der Waals surface area contributed by atoms with Crippen LogP contribution in [0, 0.1) is 0 Å². The number of carboxylic acids is 1. The zero-order valence-electron chi connectivity index (χ0n) is 14.2. The Morgan fingerprint density at radius 2 is 1.46 bits per heavy atom. The summed E-state index contributed by atoms with van der Waals surface area (Å²) in [7, 11) is -3.90. The molecule has 1 heterocycles. The lowest BCUT2D eigenvalue weighted by Crippen LogP contribution is -2.26. The highest BCUT2D eigenvalue weighted by atomic mass is 32.2. The molecule has 0 aliphatic heterocycles. The first-order valence-electron chi connectivity index (χ1n) is 7.88. The SMILES string of the molecule is O=C([O-])c1ccccc1C(=O)Nc1ccc(S(=O)(=O)Nc2ncccn2)cc1. The minimum absolute atomic E-state index is 0.0620. The number of hydrogen-bond donors (Lipinski definition) is 2. The maximum absolute atomic E-state index is 12.3. The average Bonchev–Trinajstić information content (AvgIpc) is 2.69. The second-order valence-corrected chi connectivity index (χ2v) is 7.17. The van der Waals surface area contributed by atoms with Gasteiger partial charge in [-0.05, 0) is 36.4 Å². The number of amides is 1. The van der Waals surface area contributed by atoms with Gasteiger partial charge in [-0.2, -0.15) is 0 Å². The van der Waals surface area contributed by atoms with Gasteiger partial charge in [-0.3, -0.25) is 4.79 Å². The molecule has 0 aliphatic rings. The first-order chi connectivity index (χ1) is 13.4. The predicted molar refractivity (Wildman–Crippen MR) is 98.0 cm³/mol. The zero-order valence-corrected chi connectivity index (χ0v) is 15.0. The van der Waals surface area contributed by atoms with E-state index in [1.165, 1.54) is 60.9 Å². The van der Waals surface area contributed by atoms with Crippen molar-refractivity contribution in [3.8, 4) is 0 Å². The Kier molecular flexibility index (Phi) is 5.32. The van der Waals surface area contributed by atoms with Crippen LogP contribution in [-0.2, 0) is 10.0 Å². The van der Waals surface area contributed by atoms with Crippen molar-refractivity contribution < 1.29 is 23.1 Å². The minimum atomic E-state index is -3.90. The normalized spacial score (nSPS) is 10.9. The lowest BCUT2D eigenvalue weighted by Gasteiger charge is -2.11. The van der Waals surface area contributed by atoms with E-state index in [4.69, 9.17) is 0 Å². The maximum atomic E-state index is 12.3. The molecule has 142 valence electrons. The summed E-state index contributed by atoms with van der Waals surface area (Å²) in [6.07, 6.45) is 2.79.